The summed E-state index contributed by atoms with van der Waals surface area (Å²) in [5, 5.41) is 19.1. The van der Waals surface area contributed by atoms with Crippen LogP contribution in [0.1, 0.15) is 5.56 Å². The average Bonchev–Trinajstić information content (AvgIpc) is 3.04. The summed E-state index contributed by atoms with van der Waals surface area (Å²) in [7, 11) is 1.91. The topological polar surface area (TPSA) is 104 Å². The molecule has 0 aliphatic rings. The first-order valence-corrected chi connectivity index (χ1v) is 8.86. The Morgan fingerprint density at radius 3 is 2.24 bits per heavy atom. The van der Waals surface area contributed by atoms with Gasteiger partial charge in [-0.25, -0.2) is 19.0 Å². The van der Waals surface area contributed by atoms with Crippen molar-refractivity contribution < 1.29 is 24.2 Å². The summed E-state index contributed by atoms with van der Waals surface area (Å²) in [5.41, 5.74) is 2.82. The molecule has 0 spiro atoms. The number of nitrogens with zero attached hydrogens (tertiary/aromatic N) is 2. The molecule has 3 aromatic rings. The molecule has 29 heavy (non-hydrogen) atoms. The number of rotatable bonds is 4. The van der Waals surface area contributed by atoms with Crippen molar-refractivity contribution in [3.63, 3.8) is 0 Å². The van der Waals surface area contributed by atoms with E-state index in [1.54, 1.807) is 24.4 Å². The van der Waals surface area contributed by atoms with Gasteiger partial charge in [-0.15, -0.1) is 0 Å². The summed E-state index contributed by atoms with van der Waals surface area (Å²) in [4.78, 5) is 22.6. The third kappa shape index (κ3) is 6.20. The lowest BCUT2D eigenvalue weighted by Crippen LogP contribution is -2.09. The molecule has 3 N–H and O–H groups in total. The van der Waals surface area contributed by atoms with Crippen LogP contribution in [0, 0.1) is 5.82 Å². The van der Waals surface area contributed by atoms with Crippen LogP contribution in [0.5, 0.6) is 0 Å². The van der Waals surface area contributed by atoms with Gasteiger partial charge in [0.2, 0.25) is 5.95 Å². The molecule has 2 aromatic carbocycles. The minimum Gasteiger partial charge on any atom is -0.473 e. The molecule has 0 amide bonds. The lowest BCUT2D eigenvalue weighted by molar-refractivity contribution is -0.159. The lowest BCUT2D eigenvalue weighted by atomic mass is 10.2. The molecular weight excluding hydrogens is 424 g/mol. The second-order valence-electron chi connectivity index (χ2n) is 5.75. The largest absolute Gasteiger partial charge is 0.473 e. The van der Waals surface area contributed by atoms with Gasteiger partial charge < -0.3 is 20.1 Å². The molecule has 1 heterocycles. The van der Waals surface area contributed by atoms with Crippen molar-refractivity contribution in [2.24, 2.45) is 7.05 Å². The van der Waals surface area contributed by atoms with Crippen LogP contribution in [0.15, 0.2) is 48.7 Å². The van der Waals surface area contributed by atoms with Gasteiger partial charge >= 0.3 is 11.9 Å². The van der Waals surface area contributed by atoms with E-state index in [0.717, 1.165) is 22.8 Å². The molecule has 1 aromatic heterocycles. The minimum absolute atomic E-state index is 0.256. The number of hydrogen-bond acceptors (Lipinski definition) is 4. The number of anilines is 1. The molecule has 0 atom stereocenters. The summed E-state index contributed by atoms with van der Waals surface area (Å²) in [6.07, 6.45) is 1.75. The van der Waals surface area contributed by atoms with Gasteiger partial charge in [-0.05, 0) is 42.0 Å². The molecule has 0 bridgehead atoms. The highest BCUT2D eigenvalue weighted by atomic mass is 35.5. The van der Waals surface area contributed by atoms with Crippen LogP contribution < -0.4 is 5.32 Å². The maximum atomic E-state index is 13.0. The van der Waals surface area contributed by atoms with E-state index in [-0.39, 0.29) is 5.82 Å². The predicted octanol–water partition coefficient (Wildman–Crippen LogP) is 4.30. The highest BCUT2D eigenvalue weighted by Crippen LogP contribution is 2.24. The smallest absolute Gasteiger partial charge is 0.414 e. The van der Waals surface area contributed by atoms with Crippen LogP contribution in [0.4, 0.5) is 10.3 Å². The van der Waals surface area contributed by atoms with E-state index in [1.165, 1.54) is 12.1 Å². The molecule has 0 radical (unpaired) electrons. The van der Waals surface area contributed by atoms with Gasteiger partial charge in [0.05, 0.1) is 21.9 Å². The van der Waals surface area contributed by atoms with Crippen LogP contribution in [0.25, 0.3) is 11.3 Å². The lowest BCUT2D eigenvalue weighted by Gasteiger charge is -2.09. The van der Waals surface area contributed by atoms with Gasteiger partial charge in [-0.3, -0.25) is 0 Å². The SMILES string of the molecule is Cn1c(-c2ccc(F)cc2)cnc1NCc1ccc(Cl)c(Cl)c1.O=C(O)C(=O)O. The summed E-state index contributed by atoms with van der Waals surface area (Å²) >= 11 is 11.9. The zero-order chi connectivity index (χ0) is 21.6. The van der Waals surface area contributed by atoms with Crippen LogP contribution in [0.2, 0.25) is 10.0 Å². The van der Waals surface area contributed by atoms with Crippen molar-refractivity contribution in [2.75, 3.05) is 5.32 Å². The standard InChI is InChI=1S/C17H14Cl2FN3.C2H2O4/c1-23-16(12-3-5-13(20)6-4-12)10-22-17(23)21-9-11-2-7-14(18)15(19)8-11;3-1(4)2(5)6/h2-8,10H,9H2,1H3,(H,21,22);(H,3,4)(H,5,6). The Kier molecular flexibility index (Phi) is 7.58. The Hall–Kier alpha value is -3.10. The summed E-state index contributed by atoms with van der Waals surface area (Å²) in [6.45, 7) is 0.574. The van der Waals surface area contributed by atoms with E-state index >= 15 is 0 Å². The Morgan fingerprint density at radius 1 is 1.07 bits per heavy atom. The number of nitrogens with one attached hydrogen (secondary N) is 1. The Morgan fingerprint density at radius 2 is 1.69 bits per heavy atom. The molecule has 0 aliphatic heterocycles. The number of halogens is 3. The third-order valence-electron chi connectivity index (χ3n) is 3.75. The first-order valence-electron chi connectivity index (χ1n) is 8.10. The molecule has 0 aliphatic carbocycles. The maximum absolute atomic E-state index is 13.0. The van der Waals surface area contributed by atoms with E-state index in [9.17, 15) is 4.39 Å². The van der Waals surface area contributed by atoms with E-state index in [2.05, 4.69) is 10.3 Å². The fourth-order valence-electron chi connectivity index (χ4n) is 2.29. The van der Waals surface area contributed by atoms with E-state index in [4.69, 9.17) is 43.0 Å². The second-order valence-corrected chi connectivity index (χ2v) is 6.56. The fourth-order valence-corrected chi connectivity index (χ4v) is 2.61. The van der Waals surface area contributed by atoms with Crippen LogP contribution in [-0.2, 0) is 23.2 Å². The molecular formula is C19H16Cl2FN3O4. The number of carboxylic acid groups (broad SMARTS) is 2. The molecule has 0 saturated heterocycles. The number of carboxylic acids is 2. The fraction of sp³-hybridized carbons (Fsp3) is 0.105. The van der Waals surface area contributed by atoms with Crippen LogP contribution >= 0.6 is 23.2 Å². The summed E-state index contributed by atoms with van der Waals surface area (Å²) in [5.74, 6) is -3.19. The van der Waals surface area contributed by atoms with Gasteiger partial charge in [0.15, 0.2) is 0 Å². The molecule has 152 valence electrons. The van der Waals surface area contributed by atoms with E-state index in [1.807, 2.05) is 23.7 Å². The normalized spacial score (nSPS) is 10.1. The number of carbonyl (C=O) groups is 2. The van der Waals surface area contributed by atoms with Gasteiger partial charge in [0.1, 0.15) is 5.82 Å². The van der Waals surface area contributed by atoms with Gasteiger partial charge in [0, 0.05) is 19.2 Å². The minimum atomic E-state index is -1.82. The zero-order valence-electron chi connectivity index (χ0n) is 15.1. The highest BCUT2D eigenvalue weighted by molar-refractivity contribution is 6.42. The van der Waals surface area contributed by atoms with Crippen molar-refractivity contribution in [3.8, 4) is 11.3 Å². The van der Waals surface area contributed by atoms with Crippen molar-refractivity contribution in [3.05, 3.63) is 70.1 Å². The highest BCUT2D eigenvalue weighted by Gasteiger charge is 2.09. The Bertz CT molecular complexity index is 1010. The number of benzene rings is 2. The van der Waals surface area contributed by atoms with Crippen LogP contribution in [0.3, 0.4) is 0 Å². The predicted molar refractivity (Wildman–Crippen MR) is 108 cm³/mol. The molecule has 3 rings (SSSR count). The number of aliphatic carboxylic acids is 2. The summed E-state index contributed by atoms with van der Waals surface area (Å²) < 4.78 is 14.9. The van der Waals surface area contributed by atoms with Gasteiger partial charge in [-0.2, -0.15) is 0 Å². The summed E-state index contributed by atoms with van der Waals surface area (Å²) in [6, 6.07) is 11.8. The van der Waals surface area contributed by atoms with Crippen molar-refractivity contribution in [1.29, 1.82) is 0 Å². The number of imidazole rings is 1. The van der Waals surface area contributed by atoms with Crippen molar-refractivity contribution in [2.45, 2.75) is 6.54 Å². The van der Waals surface area contributed by atoms with Crippen LogP contribution in [-0.4, -0.2) is 31.7 Å². The quantitative estimate of drug-likeness (QED) is 0.523. The third-order valence-corrected chi connectivity index (χ3v) is 4.48. The zero-order valence-corrected chi connectivity index (χ0v) is 16.6. The van der Waals surface area contributed by atoms with Crippen molar-refractivity contribution >= 4 is 41.1 Å². The van der Waals surface area contributed by atoms with E-state index in [0.29, 0.717) is 16.6 Å². The first kappa shape index (κ1) is 22.2. The molecule has 10 heteroatoms. The maximum Gasteiger partial charge on any atom is 0.414 e. The molecule has 7 nitrogen and oxygen atoms in total. The van der Waals surface area contributed by atoms with Gasteiger partial charge in [-0.1, -0.05) is 29.3 Å². The number of hydrogen-bond donors (Lipinski definition) is 3. The van der Waals surface area contributed by atoms with E-state index < -0.39 is 11.9 Å². The second kappa shape index (κ2) is 9.90. The molecule has 0 unspecified atom stereocenters. The first-order chi connectivity index (χ1) is 13.7. The number of aromatic nitrogens is 2. The average molecular weight is 440 g/mol. The van der Waals surface area contributed by atoms with Gasteiger partial charge in [0.25, 0.3) is 0 Å². The monoisotopic (exact) mass is 439 g/mol. The Labute approximate surface area is 175 Å². The molecule has 0 fully saturated rings. The molecule has 0 saturated carbocycles. The Balaban J connectivity index is 0.000000438. The van der Waals surface area contributed by atoms with Crippen molar-refractivity contribution in [1.82, 2.24) is 9.55 Å².